The van der Waals surface area contributed by atoms with E-state index in [-0.39, 0.29) is 6.10 Å². The molecule has 1 aliphatic rings. The van der Waals surface area contributed by atoms with Gasteiger partial charge in [-0.2, -0.15) is 0 Å². The van der Waals surface area contributed by atoms with Crippen LogP contribution in [0.15, 0.2) is 0 Å². The van der Waals surface area contributed by atoms with E-state index < -0.39 is 7.60 Å². The van der Waals surface area contributed by atoms with Gasteiger partial charge in [0.05, 0.1) is 18.9 Å². The Kier molecular flexibility index (Phi) is 2.47. The molecule has 4 nitrogen and oxygen atoms in total. The molecule has 1 rings (SSSR count). The van der Waals surface area contributed by atoms with E-state index in [1.807, 2.05) is 0 Å². The molecule has 0 aromatic heterocycles. The van der Waals surface area contributed by atoms with Gasteiger partial charge in [-0.3, -0.25) is 4.57 Å². The minimum absolute atomic E-state index is 0.0886. The van der Waals surface area contributed by atoms with Crippen LogP contribution < -0.4 is 0 Å². The maximum atomic E-state index is 11.3. The molecule has 1 aliphatic heterocycles. The largest absolute Gasteiger partial charge is 0.372 e. The van der Waals surface area contributed by atoms with Crippen molar-refractivity contribution < 1.29 is 18.3 Å². The van der Waals surface area contributed by atoms with E-state index in [1.54, 1.807) is 0 Å². The van der Waals surface area contributed by atoms with Crippen LogP contribution in [0.4, 0.5) is 0 Å². The van der Waals surface area contributed by atoms with Crippen molar-refractivity contribution in [3.8, 4) is 0 Å². The molecule has 0 bridgehead atoms. The Balaban J connectivity index is 2.37. The van der Waals surface area contributed by atoms with Crippen molar-refractivity contribution in [2.24, 2.45) is 0 Å². The molecule has 0 radical (unpaired) electrons. The number of ether oxygens (including phenoxy) is 1. The quantitative estimate of drug-likeness (QED) is 0.459. The Labute approximate surface area is 60.0 Å². The minimum atomic E-state index is -2.80. The highest BCUT2D eigenvalue weighted by molar-refractivity contribution is 7.53. The van der Waals surface area contributed by atoms with E-state index in [1.165, 1.54) is 14.2 Å². The Morgan fingerprint density at radius 1 is 1.60 bits per heavy atom. The molecule has 60 valence electrons. The second kappa shape index (κ2) is 3.01. The zero-order chi connectivity index (χ0) is 7.61. The molecule has 0 N–H and O–H groups in total. The predicted octanol–water partition coefficient (Wildman–Crippen LogP) is 0.871. The molecule has 0 spiro atoms. The summed E-state index contributed by atoms with van der Waals surface area (Å²) in [6.45, 7) is 0.677. The SMILES string of the molecule is COP(=O)(CC1CO1)OC. The van der Waals surface area contributed by atoms with Crippen molar-refractivity contribution in [3.63, 3.8) is 0 Å². The van der Waals surface area contributed by atoms with E-state index in [9.17, 15) is 4.57 Å². The molecule has 0 aromatic rings. The summed E-state index contributed by atoms with van der Waals surface area (Å²) in [5.74, 6) is 0. The van der Waals surface area contributed by atoms with E-state index in [2.05, 4.69) is 0 Å². The summed E-state index contributed by atoms with van der Waals surface area (Å²) in [4.78, 5) is 0. The van der Waals surface area contributed by atoms with Gasteiger partial charge in [0.25, 0.3) is 0 Å². The first-order valence-corrected chi connectivity index (χ1v) is 4.75. The predicted molar refractivity (Wildman–Crippen MR) is 36.2 cm³/mol. The standard InChI is InChI=1S/C5H11O4P/c1-7-10(6,8-2)4-5-3-9-5/h5H,3-4H2,1-2H3. The average Bonchev–Trinajstić information content (AvgIpc) is 2.72. The van der Waals surface area contributed by atoms with Gasteiger partial charge in [-0.1, -0.05) is 0 Å². The third kappa shape index (κ3) is 2.06. The number of rotatable bonds is 4. The summed E-state index contributed by atoms with van der Waals surface area (Å²) < 4.78 is 25.5. The molecule has 0 aromatic carbocycles. The molecule has 1 fully saturated rings. The Hall–Kier alpha value is 0.110. The van der Waals surface area contributed by atoms with Gasteiger partial charge in [0.1, 0.15) is 0 Å². The molecule has 5 heteroatoms. The summed E-state index contributed by atoms with van der Waals surface area (Å²) in [6, 6.07) is 0. The first-order valence-electron chi connectivity index (χ1n) is 3.02. The third-order valence-electron chi connectivity index (χ3n) is 1.39. The lowest BCUT2D eigenvalue weighted by atomic mass is 10.6. The fraction of sp³-hybridized carbons (Fsp3) is 1.00. The number of epoxide rings is 1. The van der Waals surface area contributed by atoms with Crippen LogP contribution in [0.3, 0.4) is 0 Å². The van der Waals surface area contributed by atoms with Crippen molar-refractivity contribution >= 4 is 7.60 Å². The summed E-state index contributed by atoms with van der Waals surface area (Å²) in [7, 11) is -0.0366. The van der Waals surface area contributed by atoms with Crippen molar-refractivity contribution in [1.82, 2.24) is 0 Å². The zero-order valence-corrected chi connectivity index (χ0v) is 6.97. The molecule has 1 saturated heterocycles. The van der Waals surface area contributed by atoms with Gasteiger partial charge in [-0.25, -0.2) is 0 Å². The van der Waals surface area contributed by atoms with Gasteiger partial charge in [0, 0.05) is 14.2 Å². The first kappa shape index (κ1) is 8.21. The Morgan fingerprint density at radius 3 is 2.40 bits per heavy atom. The maximum absolute atomic E-state index is 11.3. The van der Waals surface area contributed by atoms with Crippen LogP contribution in [-0.2, 0) is 18.3 Å². The summed E-state index contributed by atoms with van der Waals surface area (Å²) in [6.07, 6.45) is 0.464. The second-order valence-electron chi connectivity index (χ2n) is 2.11. The highest BCUT2D eigenvalue weighted by atomic mass is 31.2. The molecule has 0 amide bonds. The van der Waals surface area contributed by atoms with Crippen molar-refractivity contribution in [3.05, 3.63) is 0 Å². The van der Waals surface area contributed by atoms with Gasteiger partial charge in [-0.05, 0) is 0 Å². The lowest BCUT2D eigenvalue weighted by Crippen LogP contribution is -2.00. The minimum Gasteiger partial charge on any atom is -0.372 e. The molecule has 0 aliphatic carbocycles. The topological polar surface area (TPSA) is 48.1 Å². The normalized spacial score (nSPS) is 24.8. The smallest absolute Gasteiger partial charge is 0.332 e. The van der Waals surface area contributed by atoms with Gasteiger partial charge >= 0.3 is 7.60 Å². The first-order chi connectivity index (χ1) is 4.70. The molecular formula is C5H11O4P. The van der Waals surface area contributed by atoms with Crippen LogP contribution in [0, 0.1) is 0 Å². The van der Waals surface area contributed by atoms with Gasteiger partial charge in [0.2, 0.25) is 0 Å². The lowest BCUT2D eigenvalue weighted by molar-refractivity contribution is 0.271. The van der Waals surface area contributed by atoms with Crippen LogP contribution in [0.25, 0.3) is 0 Å². The van der Waals surface area contributed by atoms with Crippen molar-refractivity contribution in [1.29, 1.82) is 0 Å². The Morgan fingerprint density at radius 2 is 2.10 bits per heavy atom. The van der Waals surface area contributed by atoms with Crippen LogP contribution in [0.1, 0.15) is 0 Å². The second-order valence-corrected chi connectivity index (χ2v) is 4.43. The molecule has 1 unspecified atom stereocenters. The summed E-state index contributed by atoms with van der Waals surface area (Å²) >= 11 is 0. The van der Waals surface area contributed by atoms with Crippen LogP contribution in [0.5, 0.6) is 0 Å². The van der Waals surface area contributed by atoms with Crippen molar-refractivity contribution in [2.75, 3.05) is 27.0 Å². The van der Waals surface area contributed by atoms with E-state index >= 15 is 0 Å². The maximum Gasteiger partial charge on any atom is 0.332 e. The summed E-state index contributed by atoms with van der Waals surface area (Å²) in [5.41, 5.74) is 0. The molecular weight excluding hydrogens is 155 g/mol. The fourth-order valence-corrected chi connectivity index (χ4v) is 1.80. The Bertz CT molecular complexity index is 146. The van der Waals surface area contributed by atoms with E-state index in [0.717, 1.165) is 0 Å². The molecule has 1 heterocycles. The van der Waals surface area contributed by atoms with Crippen LogP contribution in [-0.4, -0.2) is 33.1 Å². The molecule has 0 saturated carbocycles. The highest BCUT2D eigenvalue weighted by Crippen LogP contribution is 2.48. The average molecular weight is 166 g/mol. The fourth-order valence-electron chi connectivity index (χ4n) is 0.646. The lowest BCUT2D eigenvalue weighted by Gasteiger charge is -2.10. The van der Waals surface area contributed by atoms with E-state index in [4.69, 9.17) is 13.8 Å². The van der Waals surface area contributed by atoms with E-state index in [0.29, 0.717) is 12.8 Å². The van der Waals surface area contributed by atoms with Crippen molar-refractivity contribution in [2.45, 2.75) is 6.10 Å². The third-order valence-corrected chi connectivity index (χ3v) is 3.35. The zero-order valence-electron chi connectivity index (χ0n) is 6.07. The highest BCUT2D eigenvalue weighted by Gasteiger charge is 2.34. The molecule has 10 heavy (non-hydrogen) atoms. The molecule has 1 atom stereocenters. The van der Waals surface area contributed by atoms with Crippen LogP contribution in [0.2, 0.25) is 0 Å². The van der Waals surface area contributed by atoms with Gasteiger partial charge < -0.3 is 13.8 Å². The van der Waals surface area contributed by atoms with Crippen LogP contribution >= 0.6 is 7.60 Å². The summed E-state index contributed by atoms with van der Waals surface area (Å²) in [5, 5.41) is 0. The van der Waals surface area contributed by atoms with Gasteiger partial charge in [0.15, 0.2) is 0 Å². The number of hydrogen-bond acceptors (Lipinski definition) is 4. The van der Waals surface area contributed by atoms with Gasteiger partial charge in [-0.15, -0.1) is 0 Å². The monoisotopic (exact) mass is 166 g/mol. The number of hydrogen-bond donors (Lipinski definition) is 0.